The number of nitrogens with two attached hydrogens (primary N) is 2. The summed E-state index contributed by atoms with van der Waals surface area (Å²) >= 11 is 5.84. The molecule has 0 heterocycles. The molecule has 1 aromatic rings. The van der Waals surface area contributed by atoms with Crippen molar-refractivity contribution in [2.24, 2.45) is 5.73 Å². The first-order chi connectivity index (χ1) is 5.62. The van der Waals surface area contributed by atoms with E-state index in [1.807, 2.05) is 12.1 Å². The summed E-state index contributed by atoms with van der Waals surface area (Å²) in [5.74, 6) is 0. The molecule has 0 spiro atoms. The number of halogens is 1. The van der Waals surface area contributed by atoms with Crippen molar-refractivity contribution >= 4 is 17.3 Å². The van der Waals surface area contributed by atoms with Gasteiger partial charge in [0.15, 0.2) is 0 Å². The standard InChI is InChI=1S/C9H11ClN2/c10-6-1-2-8(11)7(5-6)9(12)3-4-9/h1-2,5H,3-4,11-12H2. The topological polar surface area (TPSA) is 52.0 Å². The van der Waals surface area contributed by atoms with Crippen molar-refractivity contribution in [3.05, 3.63) is 28.8 Å². The highest BCUT2D eigenvalue weighted by Crippen LogP contribution is 2.45. The average Bonchev–Trinajstić information content (AvgIpc) is 2.75. The van der Waals surface area contributed by atoms with E-state index in [4.69, 9.17) is 23.1 Å². The summed E-state index contributed by atoms with van der Waals surface area (Å²) in [6.07, 6.45) is 2.02. The van der Waals surface area contributed by atoms with Crippen LogP contribution in [-0.4, -0.2) is 0 Å². The van der Waals surface area contributed by atoms with Gasteiger partial charge in [-0.1, -0.05) is 11.6 Å². The fourth-order valence-electron chi connectivity index (χ4n) is 1.36. The lowest BCUT2D eigenvalue weighted by atomic mass is 10.0. The normalized spacial score (nSPS) is 19.2. The third-order valence-corrected chi connectivity index (χ3v) is 2.58. The van der Waals surface area contributed by atoms with E-state index in [9.17, 15) is 0 Å². The Kier molecular flexibility index (Phi) is 1.56. The number of nitrogen functional groups attached to an aromatic ring is 1. The van der Waals surface area contributed by atoms with Crippen LogP contribution in [0.4, 0.5) is 5.69 Å². The Morgan fingerprint density at radius 1 is 1.33 bits per heavy atom. The zero-order valence-corrected chi connectivity index (χ0v) is 7.43. The van der Waals surface area contributed by atoms with Crippen LogP contribution >= 0.6 is 11.6 Å². The molecule has 1 saturated carbocycles. The SMILES string of the molecule is Nc1ccc(Cl)cc1C1(N)CC1. The number of hydrogen-bond donors (Lipinski definition) is 2. The van der Waals surface area contributed by atoms with Crippen molar-refractivity contribution in [3.8, 4) is 0 Å². The Balaban J connectivity index is 2.48. The lowest BCUT2D eigenvalue weighted by Crippen LogP contribution is -2.20. The minimum atomic E-state index is -0.186. The van der Waals surface area contributed by atoms with E-state index in [0.29, 0.717) is 5.02 Å². The molecule has 1 aliphatic carbocycles. The number of benzene rings is 1. The van der Waals surface area contributed by atoms with Gasteiger partial charge in [0, 0.05) is 16.2 Å². The molecule has 0 radical (unpaired) electrons. The second-order valence-corrected chi connectivity index (χ2v) is 3.82. The zero-order valence-electron chi connectivity index (χ0n) is 6.68. The molecule has 1 aliphatic rings. The van der Waals surface area contributed by atoms with E-state index in [0.717, 1.165) is 24.1 Å². The van der Waals surface area contributed by atoms with Crippen molar-refractivity contribution in [2.75, 3.05) is 5.73 Å². The van der Waals surface area contributed by atoms with Gasteiger partial charge in [-0.3, -0.25) is 0 Å². The van der Waals surface area contributed by atoms with Gasteiger partial charge in [-0.25, -0.2) is 0 Å². The smallest absolute Gasteiger partial charge is 0.0432 e. The minimum Gasteiger partial charge on any atom is -0.398 e. The van der Waals surface area contributed by atoms with Gasteiger partial charge in [0.1, 0.15) is 0 Å². The van der Waals surface area contributed by atoms with E-state index in [2.05, 4.69) is 0 Å². The monoisotopic (exact) mass is 182 g/mol. The van der Waals surface area contributed by atoms with E-state index in [-0.39, 0.29) is 5.54 Å². The lowest BCUT2D eigenvalue weighted by Gasteiger charge is -2.12. The minimum absolute atomic E-state index is 0.186. The molecule has 0 aromatic heterocycles. The van der Waals surface area contributed by atoms with Gasteiger partial charge < -0.3 is 11.5 Å². The van der Waals surface area contributed by atoms with Crippen LogP contribution in [0.15, 0.2) is 18.2 Å². The highest BCUT2D eigenvalue weighted by molar-refractivity contribution is 6.30. The summed E-state index contributed by atoms with van der Waals surface area (Å²) in [7, 11) is 0. The quantitative estimate of drug-likeness (QED) is 0.652. The first-order valence-corrected chi connectivity index (χ1v) is 4.34. The Morgan fingerprint density at radius 2 is 2.00 bits per heavy atom. The Labute approximate surface area is 76.5 Å². The Bertz CT molecular complexity index is 318. The molecule has 0 amide bonds. The summed E-state index contributed by atoms with van der Waals surface area (Å²) in [6.45, 7) is 0. The van der Waals surface area contributed by atoms with Crippen molar-refractivity contribution in [1.29, 1.82) is 0 Å². The molecule has 0 aliphatic heterocycles. The Morgan fingerprint density at radius 3 is 2.58 bits per heavy atom. The maximum Gasteiger partial charge on any atom is 0.0432 e. The maximum atomic E-state index is 6.00. The van der Waals surface area contributed by atoms with Crippen molar-refractivity contribution in [3.63, 3.8) is 0 Å². The molecule has 3 heteroatoms. The first-order valence-electron chi connectivity index (χ1n) is 3.96. The molecular formula is C9H11ClN2. The molecule has 64 valence electrons. The summed E-state index contributed by atoms with van der Waals surface area (Å²) < 4.78 is 0. The Hall–Kier alpha value is -0.730. The van der Waals surface area contributed by atoms with Gasteiger partial charge in [-0.2, -0.15) is 0 Å². The molecule has 2 nitrogen and oxygen atoms in total. The van der Waals surface area contributed by atoms with Crippen LogP contribution < -0.4 is 11.5 Å². The average molecular weight is 183 g/mol. The first kappa shape index (κ1) is 7.90. The van der Waals surface area contributed by atoms with Gasteiger partial charge in [0.05, 0.1) is 0 Å². The summed E-state index contributed by atoms with van der Waals surface area (Å²) in [5, 5.41) is 0.705. The molecule has 1 fully saturated rings. The molecule has 4 N–H and O–H groups in total. The fraction of sp³-hybridized carbons (Fsp3) is 0.333. The predicted octanol–water partition coefficient (Wildman–Crippen LogP) is 1.87. The van der Waals surface area contributed by atoms with Gasteiger partial charge in [-0.15, -0.1) is 0 Å². The molecule has 0 unspecified atom stereocenters. The van der Waals surface area contributed by atoms with E-state index in [1.54, 1.807) is 6.07 Å². The number of rotatable bonds is 1. The van der Waals surface area contributed by atoms with Crippen LogP contribution in [0.5, 0.6) is 0 Å². The molecule has 0 atom stereocenters. The van der Waals surface area contributed by atoms with E-state index >= 15 is 0 Å². The number of hydrogen-bond acceptors (Lipinski definition) is 2. The van der Waals surface area contributed by atoms with Crippen molar-refractivity contribution in [2.45, 2.75) is 18.4 Å². The highest BCUT2D eigenvalue weighted by Gasteiger charge is 2.41. The fourth-order valence-corrected chi connectivity index (χ4v) is 1.54. The largest absolute Gasteiger partial charge is 0.398 e. The third-order valence-electron chi connectivity index (χ3n) is 2.34. The van der Waals surface area contributed by atoms with Gasteiger partial charge in [-0.05, 0) is 36.6 Å². The molecule has 2 rings (SSSR count). The maximum absolute atomic E-state index is 6.00. The van der Waals surface area contributed by atoms with Crippen LogP contribution in [0.1, 0.15) is 18.4 Å². The van der Waals surface area contributed by atoms with Gasteiger partial charge in [0.2, 0.25) is 0 Å². The van der Waals surface area contributed by atoms with Crippen molar-refractivity contribution < 1.29 is 0 Å². The molecular weight excluding hydrogens is 172 g/mol. The van der Waals surface area contributed by atoms with E-state index in [1.165, 1.54) is 0 Å². The van der Waals surface area contributed by atoms with Crippen LogP contribution in [-0.2, 0) is 5.54 Å². The van der Waals surface area contributed by atoms with E-state index < -0.39 is 0 Å². The van der Waals surface area contributed by atoms with Gasteiger partial charge >= 0.3 is 0 Å². The van der Waals surface area contributed by atoms with Gasteiger partial charge in [0.25, 0.3) is 0 Å². The molecule has 12 heavy (non-hydrogen) atoms. The van der Waals surface area contributed by atoms with Crippen LogP contribution in [0.25, 0.3) is 0 Å². The second-order valence-electron chi connectivity index (χ2n) is 3.39. The van der Waals surface area contributed by atoms with Crippen LogP contribution in [0, 0.1) is 0 Å². The molecule has 0 bridgehead atoms. The van der Waals surface area contributed by atoms with Crippen molar-refractivity contribution in [1.82, 2.24) is 0 Å². The summed E-state index contributed by atoms with van der Waals surface area (Å²) in [4.78, 5) is 0. The highest BCUT2D eigenvalue weighted by atomic mass is 35.5. The molecule has 1 aromatic carbocycles. The lowest BCUT2D eigenvalue weighted by molar-refractivity contribution is 0.743. The summed E-state index contributed by atoms with van der Waals surface area (Å²) in [5.41, 5.74) is 13.3. The second kappa shape index (κ2) is 2.38. The predicted molar refractivity (Wildman–Crippen MR) is 51.0 cm³/mol. The van der Waals surface area contributed by atoms with Crippen LogP contribution in [0.2, 0.25) is 5.02 Å². The zero-order chi connectivity index (χ0) is 8.77. The summed E-state index contributed by atoms with van der Waals surface area (Å²) in [6, 6.07) is 5.46. The number of anilines is 1. The molecule has 0 saturated heterocycles. The third kappa shape index (κ3) is 1.17. The van der Waals surface area contributed by atoms with Crippen LogP contribution in [0.3, 0.4) is 0 Å².